The maximum absolute atomic E-state index is 6.58. The summed E-state index contributed by atoms with van der Waals surface area (Å²) in [6, 6.07) is 0. The Morgan fingerprint density at radius 2 is 1.60 bits per heavy atom. The van der Waals surface area contributed by atoms with Gasteiger partial charge in [0, 0.05) is 8.07 Å². The molecule has 1 unspecified atom stereocenters. The van der Waals surface area contributed by atoms with Gasteiger partial charge in [-0.05, 0) is 31.3 Å². The molecule has 0 amide bonds. The van der Waals surface area contributed by atoms with Gasteiger partial charge in [-0.25, -0.2) is 0 Å². The molecule has 0 bridgehead atoms. The van der Waals surface area contributed by atoms with Crippen molar-refractivity contribution in [2.75, 3.05) is 0 Å². The Labute approximate surface area is 99.3 Å². The summed E-state index contributed by atoms with van der Waals surface area (Å²) in [6.45, 7) is 20.7. The lowest BCUT2D eigenvalue weighted by Crippen LogP contribution is -2.63. The van der Waals surface area contributed by atoms with Gasteiger partial charge in [0.15, 0.2) is 16.6 Å². The summed E-state index contributed by atoms with van der Waals surface area (Å²) >= 11 is 0. The van der Waals surface area contributed by atoms with Crippen molar-refractivity contribution in [3.8, 4) is 0 Å². The molecule has 15 heavy (non-hydrogen) atoms. The van der Waals surface area contributed by atoms with E-state index in [2.05, 4.69) is 52.7 Å². The average molecular weight is 258 g/mol. The van der Waals surface area contributed by atoms with Crippen molar-refractivity contribution in [2.45, 2.75) is 63.7 Å². The second-order valence-corrected chi connectivity index (χ2v) is 22.0. The van der Waals surface area contributed by atoms with Crippen molar-refractivity contribution >= 4 is 31.4 Å². The van der Waals surface area contributed by atoms with E-state index in [0.717, 1.165) is 11.8 Å². The van der Waals surface area contributed by atoms with E-state index in [9.17, 15) is 0 Å². The average Bonchev–Trinajstić information content (AvgIpc) is 1.71. The highest BCUT2D eigenvalue weighted by Gasteiger charge is 2.53. The summed E-state index contributed by atoms with van der Waals surface area (Å²) in [4.78, 5) is 0. The van der Waals surface area contributed by atoms with Gasteiger partial charge in [-0.3, -0.25) is 0 Å². The smallest absolute Gasteiger partial charge is 0.166 e. The molecular weight excluding hydrogens is 231 g/mol. The van der Waals surface area contributed by atoms with Crippen molar-refractivity contribution < 1.29 is 4.12 Å². The Bertz CT molecular complexity index is 248. The normalized spacial score (nSPS) is 30.4. The second-order valence-electron chi connectivity index (χ2n) is 7.49. The van der Waals surface area contributed by atoms with Crippen LogP contribution in [0.25, 0.3) is 0 Å². The summed E-state index contributed by atoms with van der Waals surface area (Å²) in [5.74, 6) is 1.37. The number of hydrogen-bond acceptors (Lipinski definition) is 1. The number of rotatable bonds is 1. The Morgan fingerprint density at radius 3 is 1.93 bits per heavy atom. The molecule has 0 N–H and O–H groups in total. The van der Waals surface area contributed by atoms with Crippen LogP contribution in [0.5, 0.6) is 0 Å². The molecule has 0 radical (unpaired) electrons. The van der Waals surface area contributed by atoms with Gasteiger partial charge >= 0.3 is 0 Å². The Hall–Kier alpha value is 0.676. The largest absolute Gasteiger partial charge is 0.457 e. The van der Waals surface area contributed by atoms with Crippen LogP contribution in [-0.2, 0) is 4.12 Å². The molecule has 1 saturated heterocycles. The van der Waals surface area contributed by atoms with Crippen molar-refractivity contribution in [2.24, 2.45) is 0 Å². The predicted octanol–water partition coefficient (Wildman–Crippen LogP) is 3.88. The molecule has 0 saturated carbocycles. The fourth-order valence-electron chi connectivity index (χ4n) is 4.29. The Morgan fingerprint density at radius 1 is 1.13 bits per heavy atom. The third kappa shape index (κ3) is 3.08. The lowest BCUT2D eigenvalue weighted by Gasteiger charge is -2.51. The maximum Gasteiger partial charge on any atom is 0.166 e. The first-order valence-electron chi connectivity index (χ1n) is 6.16. The van der Waals surface area contributed by atoms with Crippen LogP contribution in [0.4, 0.5) is 0 Å². The van der Waals surface area contributed by atoms with Crippen LogP contribution >= 0.6 is 0 Å². The molecule has 1 rings (SSSR count). The van der Waals surface area contributed by atoms with Crippen molar-refractivity contribution in [1.29, 1.82) is 0 Å². The molecule has 0 aliphatic carbocycles. The molecule has 88 valence electrons. The van der Waals surface area contributed by atoms with Crippen LogP contribution in [0.3, 0.4) is 0 Å². The van der Waals surface area contributed by atoms with Crippen LogP contribution in [-0.4, -0.2) is 31.4 Å². The SMILES string of the molecule is CB1C[Si](C)(C)O[Si](C)(C)C1[Si](C)(C)C. The zero-order chi connectivity index (χ0) is 12.1. The van der Waals surface area contributed by atoms with Gasteiger partial charge in [-0.1, -0.05) is 32.4 Å². The van der Waals surface area contributed by atoms with Crippen LogP contribution in [0.2, 0.25) is 63.7 Å². The van der Waals surface area contributed by atoms with Crippen molar-refractivity contribution in [3.63, 3.8) is 0 Å². The minimum Gasteiger partial charge on any atom is -0.457 e. The Balaban J connectivity index is 3.00. The summed E-state index contributed by atoms with van der Waals surface area (Å²) in [5, 5.41) is 0.936. The molecular formula is C10H27BOSi3. The minimum absolute atomic E-state index is 0.911. The highest BCUT2D eigenvalue weighted by Crippen LogP contribution is 2.43. The summed E-state index contributed by atoms with van der Waals surface area (Å²) in [5.41, 5.74) is 0. The molecule has 1 heterocycles. The van der Waals surface area contributed by atoms with E-state index < -0.39 is 24.7 Å². The van der Waals surface area contributed by atoms with Crippen molar-refractivity contribution in [3.05, 3.63) is 0 Å². The summed E-state index contributed by atoms with van der Waals surface area (Å²) < 4.78 is 6.58. The molecule has 0 spiro atoms. The molecule has 0 aromatic carbocycles. The summed E-state index contributed by atoms with van der Waals surface area (Å²) in [6.07, 6.45) is 0. The first-order chi connectivity index (χ1) is 6.46. The van der Waals surface area contributed by atoms with E-state index in [1.807, 2.05) is 0 Å². The van der Waals surface area contributed by atoms with Gasteiger partial charge in [0.05, 0.1) is 0 Å². The molecule has 1 aliphatic rings. The fourth-order valence-corrected chi connectivity index (χ4v) is 25.3. The third-order valence-electron chi connectivity index (χ3n) is 3.60. The van der Waals surface area contributed by atoms with Gasteiger partial charge in [-0.2, -0.15) is 0 Å². The predicted molar refractivity (Wildman–Crippen MR) is 79.6 cm³/mol. The quantitative estimate of drug-likeness (QED) is 0.649. The van der Waals surface area contributed by atoms with Gasteiger partial charge < -0.3 is 4.12 Å². The van der Waals surface area contributed by atoms with E-state index >= 15 is 0 Å². The number of hydrogen-bond donors (Lipinski definition) is 0. The highest BCUT2D eigenvalue weighted by atomic mass is 28.4. The fraction of sp³-hybridized carbons (Fsp3) is 1.00. The van der Waals surface area contributed by atoms with Gasteiger partial charge in [0.25, 0.3) is 0 Å². The molecule has 1 nitrogen and oxygen atoms in total. The van der Waals surface area contributed by atoms with E-state index in [-0.39, 0.29) is 0 Å². The van der Waals surface area contributed by atoms with E-state index in [4.69, 9.17) is 4.12 Å². The van der Waals surface area contributed by atoms with Crippen LogP contribution in [0, 0.1) is 0 Å². The topological polar surface area (TPSA) is 9.23 Å². The highest BCUT2D eigenvalue weighted by molar-refractivity contribution is 7.12. The first-order valence-corrected chi connectivity index (χ1v) is 15.8. The van der Waals surface area contributed by atoms with E-state index in [1.165, 1.54) is 5.94 Å². The van der Waals surface area contributed by atoms with E-state index in [1.54, 1.807) is 0 Å². The summed E-state index contributed by atoms with van der Waals surface area (Å²) in [7, 11) is -3.81. The third-order valence-corrected chi connectivity index (χ3v) is 18.7. The molecule has 1 fully saturated rings. The minimum atomic E-state index is -1.43. The molecule has 0 aromatic rings. The lowest BCUT2D eigenvalue weighted by molar-refractivity contribution is 0.540. The van der Waals surface area contributed by atoms with Crippen LogP contribution in [0.1, 0.15) is 0 Å². The van der Waals surface area contributed by atoms with Gasteiger partial charge in [-0.15, -0.1) is 0 Å². The monoisotopic (exact) mass is 258 g/mol. The van der Waals surface area contributed by atoms with Gasteiger partial charge in [0.2, 0.25) is 0 Å². The first kappa shape index (κ1) is 13.7. The molecule has 1 atom stereocenters. The zero-order valence-corrected chi connectivity index (χ0v) is 14.8. The lowest BCUT2D eigenvalue weighted by atomic mass is 9.56. The van der Waals surface area contributed by atoms with Gasteiger partial charge in [0.1, 0.15) is 6.71 Å². The maximum atomic E-state index is 6.58. The van der Waals surface area contributed by atoms with Crippen LogP contribution in [0.15, 0.2) is 0 Å². The zero-order valence-electron chi connectivity index (χ0n) is 11.8. The second kappa shape index (κ2) is 3.86. The Kier molecular flexibility index (Phi) is 3.53. The molecule has 5 heteroatoms. The molecule has 1 aliphatic heterocycles. The van der Waals surface area contributed by atoms with E-state index in [0.29, 0.717) is 0 Å². The van der Waals surface area contributed by atoms with Crippen molar-refractivity contribution in [1.82, 2.24) is 0 Å². The van der Waals surface area contributed by atoms with Crippen LogP contribution < -0.4 is 0 Å². The standard InChI is InChI=1S/C10H27BOSi3/c1-11-9-14(5,6)12-15(7,8)10(11)13(2,3)4/h10H,9H2,1-8H3. The molecule has 0 aromatic heterocycles.